The number of urea groups is 1. The molecule has 2 aliphatic rings. The maximum absolute atomic E-state index is 13.0. The third-order valence-corrected chi connectivity index (χ3v) is 5.39. The Morgan fingerprint density at radius 1 is 1.29 bits per heavy atom. The summed E-state index contributed by atoms with van der Waals surface area (Å²) in [7, 11) is 0. The molecule has 1 heterocycles. The minimum Gasteiger partial charge on any atom is -0.459 e. The zero-order chi connectivity index (χ0) is 20.5. The van der Waals surface area contributed by atoms with Crippen molar-refractivity contribution in [2.24, 2.45) is 11.3 Å². The predicted octanol–water partition coefficient (Wildman–Crippen LogP) is 2.74. The molecule has 3 rings (SSSR count). The molecule has 7 nitrogen and oxygen atoms in total. The number of rotatable bonds is 4. The summed E-state index contributed by atoms with van der Waals surface area (Å²) in [6.07, 6.45) is 2.13. The van der Waals surface area contributed by atoms with E-state index in [9.17, 15) is 14.4 Å². The van der Waals surface area contributed by atoms with Crippen molar-refractivity contribution in [2.75, 3.05) is 6.54 Å². The number of nitrogens with zero attached hydrogens (tertiary/aromatic N) is 2. The number of nitriles is 1. The van der Waals surface area contributed by atoms with E-state index in [2.05, 4.69) is 26.1 Å². The van der Waals surface area contributed by atoms with Crippen LogP contribution in [0.2, 0.25) is 0 Å². The molecule has 1 aromatic rings. The summed E-state index contributed by atoms with van der Waals surface area (Å²) in [4.78, 5) is 38.6. The van der Waals surface area contributed by atoms with Crippen LogP contribution >= 0.6 is 0 Å². The molecular formula is C21H25N3O4. The highest BCUT2D eigenvalue weighted by Gasteiger charge is 2.56. The zero-order valence-corrected chi connectivity index (χ0v) is 16.4. The Morgan fingerprint density at radius 2 is 1.96 bits per heavy atom. The largest absolute Gasteiger partial charge is 0.459 e. The first-order valence-corrected chi connectivity index (χ1v) is 9.43. The molecule has 1 N–H and O–H groups in total. The third-order valence-electron chi connectivity index (χ3n) is 5.39. The molecule has 1 saturated carbocycles. The molecule has 0 aromatic heterocycles. The van der Waals surface area contributed by atoms with Crippen molar-refractivity contribution < 1.29 is 19.1 Å². The van der Waals surface area contributed by atoms with E-state index in [0.29, 0.717) is 24.3 Å². The van der Waals surface area contributed by atoms with E-state index < -0.39 is 24.1 Å². The molecule has 0 bridgehead atoms. The Balaban J connectivity index is 1.62. The summed E-state index contributed by atoms with van der Waals surface area (Å²) >= 11 is 0. The van der Waals surface area contributed by atoms with Crippen molar-refractivity contribution in [3.8, 4) is 6.07 Å². The number of imide groups is 1. The zero-order valence-electron chi connectivity index (χ0n) is 16.4. The molecule has 1 spiro atoms. The van der Waals surface area contributed by atoms with Gasteiger partial charge in [-0.3, -0.25) is 14.5 Å². The highest BCUT2D eigenvalue weighted by molar-refractivity contribution is 6.08. The smallest absolute Gasteiger partial charge is 0.326 e. The Morgan fingerprint density at radius 3 is 2.57 bits per heavy atom. The second kappa shape index (κ2) is 7.27. The van der Waals surface area contributed by atoms with E-state index in [1.54, 1.807) is 24.3 Å². The van der Waals surface area contributed by atoms with E-state index in [4.69, 9.17) is 10.00 Å². The van der Waals surface area contributed by atoms with Crippen molar-refractivity contribution in [1.82, 2.24) is 10.2 Å². The predicted molar refractivity (Wildman–Crippen MR) is 101 cm³/mol. The quantitative estimate of drug-likeness (QED) is 0.637. The van der Waals surface area contributed by atoms with Crippen LogP contribution < -0.4 is 5.32 Å². The maximum atomic E-state index is 13.0. The van der Waals surface area contributed by atoms with Crippen molar-refractivity contribution in [3.63, 3.8) is 0 Å². The lowest BCUT2D eigenvalue weighted by Crippen LogP contribution is -2.54. The first-order chi connectivity index (χ1) is 13.1. The summed E-state index contributed by atoms with van der Waals surface area (Å²) in [5.41, 5.74) is 0.256. The molecule has 1 aliphatic carbocycles. The Hall–Kier alpha value is -2.88. The van der Waals surface area contributed by atoms with Crippen LogP contribution in [-0.2, 0) is 20.9 Å². The van der Waals surface area contributed by atoms with Gasteiger partial charge in [0, 0.05) is 0 Å². The van der Waals surface area contributed by atoms with Crippen LogP contribution in [0.3, 0.4) is 0 Å². The number of amides is 3. The van der Waals surface area contributed by atoms with Crippen LogP contribution in [0.1, 0.15) is 51.2 Å². The summed E-state index contributed by atoms with van der Waals surface area (Å²) in [6.45, 7) is 5.88. The van der Waals surface area contributed by atoms with E-state index >= 15 is 0 Å². The molecular weight excluding hydrogens is 358 g/mol. The van der Waals surface area contributed by atoms with Crippen LogP contribution in [-0.4, -0.2) is 34.9 Å². The van der Waals surface area contributed by atoms with Gasteiger partial charge in [0.1, 0.15) is 18.7 Å². The van der Waals surface area contributed by atoms with Crippen molar-refractivity contribution in [2.45, 2.75) is 52.2 Å². The van der Waals surface area contributed by atoms with Gasteiger partial charge in [-0.05, 0) is 48.3 Å². The van der Waals surface area contributed by atoms with Crippen LogP contribution in [0.4, 0.5) is 4.79 Å². The third kappa shape index (κ3) is 4.01. The molecule has 0 radical (unpaired) electrons. The minimum absolute atomic E-state index is 0.0173. The van der Waals surface area contributed by atoms with Crippen LogP contribution in [0.5, 0.6) is 0 Å². The molecule has 28 heavy (non-hydrogen) atoms. The number of nitrogens with one attached hydrogen (secondary N) is 1. The van der Waals surface area contributed by atoms with Crippen LogP contribution in [0.15, 0.2) is 24.3 Å². The summed E-state index contributed by atoms with van der Waals surface area (Å²) in [5, 5.41) is 11.6. The molecule has 0 unspecified atom stereocenters. The first-order valence-electron chi connectivity index (χ1n) is 9.43. The normalized spacial score (nSPS) is 26.1. The van der Waals surface area contributed by atoms with E-state index in [-0.39, 0.29) is 17.9 Å². The molecule has 7 heteroatoms. The Bertz CT molecular complexity index is 840. The molecule has 1 aliphatic heterocycles. The topological polar surface area (TPSA) is 99.5 Å². The maximum Gasteiger partial charge on any atom is 0.326 e. The van der Waals surface area contributed by atoms with Crippen molar-refractivity contribution >= 4 is 17.9 Å². The number of hydrogen-bond donors (Lipinski definition) is 1. The van der Waals surface area contributed by atoms with Gasteiger partial charge >= 0.3 is 12.0 Å². The second-order valence-corrected chi connectivity index (χ2v) is 8.73. The van der Waals surface area contributed by atoms with Gasteiger partial charge in [-0.15, -0.1) is 0 Å². The van der Waals surface area contributed by atoms with Gasteiger partial charge < -0.3 is 10.1 Å². The van der Waals surface area contributed by atoms with Gasteiger partial charge in [0.2, 0.25) is 0 Å². The molecule has 1 saturated heterocycles. The van der Waals surface area contributed by atoms with E-state index in [0.717, 1.165) is 16.9 Å². The average Bonchev–Trinajstić information content (AvgIpc) is 2.82. The monoisotopic (exact) mass is 383 g/mol. The second-order valence-electron chi connectivity index (χ2n) is 8.73. The van der Waals surface area contributed by atoms with E-state index in [1.165, 1.54) is 0 Å². The molecule has 2 atom stereocenters. The molecule has 148 valence electrons. The number of carbonyl (C=O) groups is 3. The van der Waals surface area contributed by atoms with Crippen molar-refractivity contribution in [3.05, 3.63) is 35.4 Å². The van der Waals surface area contributed by atoms with E-state index in [1.807, 2.05) is 6.07 Å². The first kappa shape index (κ1) is 19.9. The Kier molecular flexibility index (Phi) is 5.16. The lowest BCUT2D eigenvalue weighted by molar-refractivity contribution is -0.149. The molecule has 2 fully saturated rings. The van der Waals surface area contributed by atoms with Gasteiger partial charge in [0.15, 0.2) is 0 Å². The average molecular weight is 383 g/mol. The van der Waals surface area contributed by atoms with Crippen molar-refractivity contribution in [1.29, 1.82) is 5.26 Å². The fourth-order valence-corrected chi connectivity index (χ4v) is 4.66. The lowest BCUT2D eigenvalue weighted by Gasteiger charge is -2.43. The standard InChI is InChI=1S/C21H25N3O4/c1-14-8-20(2,3)13-21(9-14)18(26)24(19(27)23-21)11-17(25)28-12-16-6-4-15(10-22)5-7-16/h4-7,14H,8-9,11-13H2,1-3H3,(H,23,27)/t14-,21-/m0/s1. The summed E-state index contributed by atoms with van der Waals surface area (Å²) in [6, 6.07) is 8.14. The number of ether oxygens (including phenoxy) is 1. The number of benzene rings is 1. The van der Waals surface area contributed by atoms with Gasteiger partial charge in [0.25, 0.3) is 5.91 Å². The highest BCUT2D eigenvalue weighted by atomic mass is 16.5. The lowest BCUT2D eigenvalue weighted by atomic mass is 9.64. The summed E-state index contributed by atoms with van der Waals surface area (Å²) < 4.78 is 5.20. The minimum atomic E-state index is -0.925. The fourth-order valence-electron chi connectivity index (χ4n) is 4.66. The summed E-state index contributed by atoms with van der Waals surface area (Å²) in [5.74, 6) is -0.684. The fraction of sp³-hybridized carbons (Fsp3) is 0.524. The van der Waals surface area contributed by atoms with Gasteiger partial charge in [-0.25, -0.2) is 4.79 Å². The number of hydrogen-bond acceptors (Lipinski definition) is 5. The number of carbonyl (C=O) groups excluding carboxylic acids is 3. The van der Waals surface area contributed by atoms with Gasteiger partial charge in [0.05, 0.1) is 11.6 Å². The van der Waals surface area contributed by atoms with Gasteiger partial charge in [-0.2, -0.15) is 5.26 Å². The Labute approximate surface area is 164 Å². The highest BCUT2D eigenvalue weighted by Crippen LogP contribution is 2.46. The number of esters is 1. The SMILES string of the molecule is C[C@H]1CC(C)(C)C[C@]2(C1)NC(=O)N(CC(=O)OCc1ccc(C#N)cc1)C2=O. The van der Waals surface area contributed by atoms with Crippen LogP contribution in [0.25, 0.3) is 0 Å². The van der Waals surface area contributed by atoms with Gasteiger partial charge in [-0.1, -0.05) is 32.9 Å². The van der Waals surface area contributed by atoms with Crippen LogP contribution in [0, 0.1) is 22.7 Å². The molecule has 1 aromatic carbocycles. The molecule has 3 amide bonds.